The smallest absolute Gasteiger partial charge is 0.335 e. The van der Waals surface area contributed by atoms with Gasteiger partial charge in [0.1, 0.15) is 18.3 Å². The third-order valence-corrected chi connectivity index (χ3v) is 2.06. The topological polar surface area (TPSA) is 173 Å². The second kappa shape index (κ2) is 8.59. The largest absolute Gasteiger partial charge is 0.481 e. The summed E-state index contributed by atoms with van der Waals surface area (Å²) in [6.45, 7) is 4.99. The molecule has 0 aliphatic carbocycles. The number of aliphatic carboxylic acids is 2. The van der Waals surface area contributed by atoms with Gasteiger partial charge in [0, 0.05) is 0 Å². The van der Waals surface area contributed by atoms with E-state index in [9.17, 15) is 14.4 Å². The Morgan fingerprint density at radius 2 is 1.30 bits per heavy atom. The van der Waals surface area contributed by atoms with Crippen molar-refractivity contribution in [3.05, 3.63) is 0 Å². The Hall–Kier alpha value is -1.55. The molecular formula is C11H20O9. The van der Waals surface area contributed by atoms with E-state index >= 15 is 0 Å². The maximum atomic E-state index is 10.1. The van der Waals surface area contributed by atoms with Gasteiger partial charge in [-0.05, 0) is 20.8 Å². The molecular weight excluding hydrogens is 276 g/mol. The Bertz CT molecular complexity index is 333. The zero-order valence-corrected chi connectivity index (χ0v) is 11.3. The highest BCUT2D eigenvalue weighted by Crippen LogP contribution is 2.11. The number of aldehydes is 1. The van der Waals surface area contributed by atoms with E-state index in [1.165, 1.54) is 0 Å². The van der Waals surface area contributed by atoms with Crippen LogP contribution in [0, 0.1) is 5.41 Å². The van der Waals surface area contributed by atoms with Gasteiger partial charge in [-0.3, -0.25) is 4.79 Å². The van der Waals surface area contributed by atoms with Crippen molar-refractivity contribution in [3.8, 4) is 0 Å². The van der Waals surface area contributed by atoms with E-state index in [1.54, 1.807) is 20.8 Å². The molecule has 0 fully saturated rings. The SMILES string of the molecule is CC(C)(C)C(=O)O.O=CC(O)C(O)C(O)C(O)C(=O)O. The van der Waals surface area contributed by atoms with Crippen molar-refractivity contribution in [2.75, 3.05) is 0 Å². The Balaban J connectivity index is 0. The highest BCUT2D eigenvalue weighted by atomic mass is 16.4. The van der Waals surface area contributed by atoms with Crippen LogP contribution >= 0.6 is 0 Å². The lowest BCUT2D eigenvalue weighted by Gasteiger charge is -2.21. The molecule has 0 aliphatic rings. The van der Waals surface area contributed by atoms with E-state index in [4.69, 9.17) is 30.6 Å². The Morgan fingerprint density at radius 1 is 0.950 bits per heavy atom. The summed E-state index contributed by atoms with van der Waals surface area (Å²) in [6.07, 6.45) is -8.39. The van der Waals surface area contributed by atoms with E-state index < -0.39 is 41.8 Å². The number of aliphatic hydroxyl groups excluding tert-OH is 4. The highest BCUT2D eigenvalue weighted by molar-refractivity contribution is 5.73. The summed E-state index contributed by atoms with van der Waals surface area (Å²) >= 11 is 0. The van der Waals surface area contributed by atoms with Crippen molar-refractivity contribution in [2.24, 2.45) is 5.41 Å². The lowest BCUT2D eigenvalue weighted by Crippen LogP contribution is -2.48. The van der Waals surface area contributed by atoms with E-state index in [0.717, 1.165) is 0 Å². The first-order chi connectivity index (χ1) is 8.86. The van der Waals surface area contributed by atoms with Crippen molar-refractivity contribution in [2.45, 2.75) is 45.2 Å². The van der Waals surface area contributed by atoms with Crippen LogP contribution in [0.2, 0.25) is 0 Å². The fourth-order valence-corrected chi connectivity index (χ4v) is 0.615. The third kappa shape index (κ3) is 7.79. The van der Waals surface area contributed by atoms with E-state index in [-0.39, 0.29) is 6.29 Å². The molecule has 0 rings (SSSR count). The van der Waals surface area contributed by atoms with Crippen molar-refractivity contribution < 1.29 is 45.0 Å². The Morgan fingerprint density at radius 3 is 1.50 bits per heavy atom. The fraction of sp³-hybridized carbons (Fsp3) is 0.727. The number of carboxylic acids is 2. The molecule has 9 heteroatoms. The van der Waals surface area contributed by atoms with Crippen LogP contribution in [0.4, 0.5) is 0 Å². The van der Waals surface area contributed by atoms with Crippen molar-refractivity contribution in [1.82, 2.24) is 0 Å². The molecule has 0 spiro atoms. The van der Waals surface area contributed by atoms with Crippen LogP contribution in [0.3, 0.4) is 0 Å². The van der Waals surface area contributed by atoms with Crippen molar-refractivity contribution >= 4 is 18.2 Å². The maximum Gasteiger partial charge on any atom is 0.335 e. The number of rotatable bonds is 5. The molecule has 0 aliphatic heterocycles. The normalized spacial score (nSPS) is 16.9. The molecule has 118 valence electrons. The number of carbonyl (C=O) groups excluding carboxylic acids is 1. The minimum absolute atomic E-state index is 0.0809. The number of hydrogen-bond acceptors (Lipinski definition) is 7. The predicted octanol–water partition coefficient (Wildman–Crippen LogP) is -2.17. The van der Waals surface area contributed by atoms with Crippen LogP contribution in [-0.4, -0.2) is 73.3 Å². The summed E-state index contributed by atoms with van der Waals surface area (Å²) in [5.41, 5.74) is -0.583. The predicted molar refractivity (Wildman–Crippen MR) is 64.8 cm³/mol. The quantitative estimate of drug-likeness (QED) is 0.308. The summed E-state index contributed by atoms with van der Waals surface area (Å²) in [4.78, 5) is 30.0. The van der Waals surface area contributed by atoms with Gasteiger partial charge in [0.25, 0.3) is 0 Å². The first-order valence-corrected chi connectivity index (χ1v) is 5.50. The summed E-state index contributed by atoms with van der Waals surface area (Å²) < 4.78 is 0. The molecule has 0 aromatic heterocycles. The Kier molecular flexibility index (Phi) is 8.91. The fourth-order valence-electron chi connectivity index (χ4n) is 0.615. The molecule has 20 heavy (non-hydrogen) atoms. The van der Waals surface area contributed by atoms with Crippen LogP contribution in [-0.2, 0) is 14.4 Å². The highest BCUT2D eigenvalue weighted by Gasteiger charge is 2.34. The monoisotopic (exact) mass is 296 g/mol. The van der Waals surface area contributed by atoms with Gasteiger partial charge >= 0.3 is 11.9 Å². The summed E-state index contributed by atoms with van der Waals surface area (Å²) in [5, 5.41) is 51.4. The summed E-state index contributed by atoms with van der Waals surface area (Å²) in [6, 6.07) is 0. The minimum atomic E-state index is -2.25. The molecule has 9 nitrogen and oxygen atoms in total. The molecule has 0 bridgehead atoms. The van der Waals surface area contributed by atoms with Crippen LogP contribution in [0.1, 0.15) is 20.8 Å². The molecule has 0 aromatic rings. The van der Waals surface area contributed by atoms with Gasteiger partial charge in [0.15, 0.2) is 12.4 Å². The standard InChI is InChI=1S/C6H10O7.C5H10O2/c7-1-2(8)3(9)4(10)5(11)6(12)13;1-5(2,3)4(6)7/h1-5,8-11H,(H,12,13);1-3H3,(H,6,7). The van der Waals surface area contributed by atoms with Gasteiger partial charge in [-0.2, -0.15) is 0 Å². The van der Waals surface area contributed by atoms with E-state index in [1.807, 2.05) is 0 Å². The molecule has 0 amide bonds. The molecule has 4 atom stereocenters. The molecule has 0 aromatic carbocycles. The molecule has 0 saturated heterocycles. The van der Waals surface area contributed by atoms with Gasteiger partial charge in [0.2, 0.25) is 0 Å². The lowest BCUT2D eigenvalue weighted by molar-refractivity contribution is -0.163. The number of hydrogen-bond donors (Lipinski definition) is 6. The average molecular weight is 296 g/mol. The summed E-state index contributed by atoms with van der Waals surface area (Å²) in [7, 11) is 0. The zero-order valence-electron chi connectivity index (χ0n) is 11.3. The van der Waals surface area contributed by atoms with Crippen LogP contribution in [0.15, 0.2) is 0 Å². The maximum absolute atomic E-state index is 10.1. The second-order valence-electron chi connectivity index (χ2n) is 4.95. The van der Waals surface area contributed by atoms with Crippen LogP contribution in [0.5, 0.6) is 0 Å². The van der Waals surface area contributed by atoms with E-state index in [2.05, 4.69) is 0 Å². The first kappa shape index (κ1) is 20.8. The van der Waals surface area contributed by atoms with Crippen molar-refractivity contribution in [1.29, 1.82) is 0 Å². The van der Waals surface area contributed by atoms with Crippen LogP contribution in [0.25, 0.3) is 0 Å². The van der Waals surface area contributed by atoms with Gasteiger partial charge in [-0.25, -0.2) is 4.79 Å². The average Bonchev–Trinajstić information content (AvgIpc) is 2.34. The molecule has 0 saturated carbocycles. The molecule has 0 heterocycles. The number of aliphatic hydroxyl groups is 4. The van der Waals surface area contributed by atoms with Gasteiger partial charge in [-0.15, -0.1) is 0 Å². The zero-order chi connectivity index (χ0) is 16.7. The van der Waals surface area contributed by atoms with Crippen molar-refractivity contribution in [3.63, 3.8) is 0 Å². The number of carboxylic acid groups (broad SMARTS) is 2. The molecule has 0 radical (unpaired) electrons. The minimum Gasteiger partial charge on any atom is -0.481 e. The lowest BCUT2D eigenvalue weighted by atomic mass is 9.98. The third-order valence-electron chi connectivity index (χ3n) is 2.06. The molecule has 6 N–H and O–H groups in total. The van der Waals surface area contributed by atoms with Gasteiger partial charge < -0.3 is 35.4 Å². The van der Waals surface area contributed by atoms with E-state index in [0.29, 0.717) is 0 Å². The number of carbonyl (C=O) groups is 3. The second-order valence-corrected chi connectivity index (χ2v) is 4.95. The van der Waals surface area contributed by atoms with Gasteiger partial charge in [-0.1, -0.05) is 0 Å². The molecule has 4 unspecified atom stereocenters. The van der Waals surface area contributed by atoms with Gasteiger partial charge in [0.05, 0.1) is 5.41 Å². The first-order valence-electron chi connectivity index (χ1n) is 5.50. The summed E-state index contributed by atoms with van der Waals surface area (Å²) in [5.74, 6) is -2.52. The van der Waals surface area contributed by atoms with Crippen LogP contribution < -0.4 is 0 Å². The Labute approximate surface area is 115 Å².